The van der Waals surface area contributed by atoms with Gasteiger partial charge in [0.05, 0.1) is 36.3 Å². The van der Waals surface area contributed by atoms with Crippen molar-refractivity contribution in [2.45, 2.75) is 30.6 Å². The van der Waals surface area contributed by atoms with Crippen LogP contribution in [0.15, 0.2) is 59.5 Å². The number of sulfonamides is 2. The molecule has 1 amide bonds. The van der Waals surface area contributed by atoms with Crippen LogP contribution in [-0.4, -0.2) is 89.7 Å². The first-order valence-electron chi connectivity index (χ1n) is 13.4. The van der Waals surface area contributed by atoms with E-state index < -0.39 is 26.0 Å². The number of ether oxygens (including phenoxy) is 2. The van der Waals surface area contributed by atoms with E-state index in [4.69, 9.17) is 9.47 Å². The number of aryl methyl sites for hydroxylation is 1. The molecule has 2 saturated heterocycles. The van der Waals surface area contributed by atoms with Crippen LogP contribution in [0.4, 0.5) is 0 Å². The number of rotatable bonds is 12. The topological polar surface area (TPSA) is 122 Å². The molecule has 39 heavy (non-hydrogen) atoms. The molecule has 2 aromatic carbocycles. The maximum atomic E-state index is 12.9. The van der Waals surface area contributed by atoms with E-state index >= 15 is 0 Å². The quantitative estimate of drug-likeness (QED) is 0.381. The van der Waals surface area contributed by atoms with Crippen molar-refractivity contribution in [1.29, 1.82) is 0 Å². The van der Waals surface area contributed by atoms with E-state index in [1.54, 1.807) is 12.1 Å². The zero-order chi connectivity index (χ0) is 27.7. The minimum Gasteiger partial charge on any atom is -0.492 e. The van der Waals surface area contributed by atoms with Gasteiger partial charge in [0, 0.05) is 26.2 Å². The van der Waals surface area contributed by atoms with E-state index in [9.17, 15) is 21.6 Å². The molecule has 0 aliphatic carbocycles. The minimum absolute atomic E-state index is 0.0661. The van der Waals surface area contributed by atoms with Crippen molar-refractivity contribution in [3.05, 3.63) is 60.2 Å². The number of carbonyl (C=O) groups is 1. The van der Waals surface area contributed by atoms with Crippen molar-refractivity contribution in [3.8, 4) is 5.75 Å². The number of amides is 1. The predicted molar refractivity (Wildman–Crippen MR) is 147 cm³/mol. The number of hydrogen-bond acceptors (Lipinski definition) is 7. The van der Waals surface area contributed by atoms with Gasteiger partial charge in [-0.3, -0.25) is 4.79 Å². The molecule has 2 aromatic rings. The first-order valence-corrected chi connectivity index (χ1v) is 16.4. The summed E-state index contributed by atoms with van der Waals surface area (Å²) in [5.74, 6) is -0.0194. The van der Waals surface area contributed by atoms with Crippen LogP contribution in [-0.2, 0) is 36.0 Å². The lowest BCUT2D eigenvalue weighted by atomic mass is 9.99. The summed E-state index contributed by atoms with van der Waals surface area (Å²) < 4.78 is 64.9. The minimum atomic E-state index is -3.57. The molecule has 2 heterocycles. The van der Waals surface area contributed by atoms with Crippen LogP contribution in [0.5, 0.6) is 5.75 Å². The Labute approximate surface area is 231 Å². The number of morpholine rings is 1. The average molecular weight is 580 g/mol. The number of nitrogens with zero attached hydrogens (tertiary/aromatic N) is 2. The average Bonchev–Trinajstić information content (AvgIpc) is 2.96. The molecule has 0 bridgehead atoms. The van der Waals surface area contributed by atoms with Gasteiger partial charge >= 0.3 is 0 Å². The highest BCUT2D eigenvalue weighted by Gasteiger charge is 2.32. The normalized spacial score (nSPS) is 19.4. The Bertz CT molecular complexity index is 1280. The first kappa shape index (κ1) is 29.5. The molecule has 0 spiro atoms. The summed E-state index contributed by atoms with van der Waals surface area (Å²) in [6.07, 6.45) is 2.52. The molecule has 0 saturated carbocycles. The number of carbonyl (C=O) groups excluding carboxylic acids is 1. The fourth-order valence-electron chi connectivity index (χ4n) is 4.77. The third-order valence-corrected chi connectivity index (χ3v) is 10.8. The van der Waals surface area contributed by atoms with Crippen LogP contribution in [0.25, 0.3) is 0 Å². The highest BCUT2D eigenvalue weighted by molar-refractivity contribution is 7.89. The zero-order valence-corrected chi connectivity index (χ0v) is 23.7. The van der Waals surface area contributed by atoms with Gasteiger partial charge in [-0.25, -0.2) is 21.1 Å². The van der Waals surface area contributed by atoms with Crippen molar-refractivity contribution in [2.75, 3.05) is 58.3 Å². The van der Waals surface area contributed by atoms with Gasteiger partial charge in [-0.15, -0.1) is 0 Å². The Morgan fingerprint density at radius 3 is 2.38 bits per heavy atom. The predicted octanol–water partition coefficient (Wildman–Crippen LogP) is 1.88. The largest absolute Gasteiger partial charge is 0.492 e. The van der Waals surface area contributed by atoms with E-state index in [1.165, 1.54) is 20.7 Å². The number of hydrogen-bond donors (Lipinski definition) is 1. The van der Waals surface area contributed by atoms with E-state index in [0.717, 1.165) is 5.56 Å². The zero-order valence-electron chi connectivity index (χ0n) is 22.0. The smallest absolute Gasteiger partial charge is 0.243 e. The fraction of sp³-hybridized carbons (Fsp3) is 0.519. The van der Waals surface area contributed by atoms with E-state index in [2.05, 4.69) is 5.32 Å². The van der Waals surface area contributed by atoms with E-state index in [-0.39, 0.29) is 36.3 Å². The third-order valence-electron chi connectivity index (χ3n) is 6.96. The number of benzene rings is 2. The maximum Gasteiger partial charge on any atom is 0.243 e. The number of nitrogens with one attached hydrogen (secondary N) is 1. The van der Waals surface area contributed by atoms with Crippen molar-refractivity contribution in [3.63, 3.8) is 0 Å². The fourth-order valence-corrected chi connectivity index (χ4v) is 7.76. The van der Waals surface area contributed by atoms with Crippen LogP contribution in [0, 0.1) is 5.92 Å². The van der Waals surface area contributed by atoms with Gasteiger partial charge < -0.3 is 14.8 Å². The Morgan fingerprint density at radius 1 is 0.949 bits per heavy atom. The Kier molecular flexibility index (Phi) is 10.4. The second-order valence-electron chi connectivity index (χ2n) is 9.73. The molecule has 2 aliphatic rings. The summed E-state index contributed by atoms with van der Waals surface area (Å²) in [6, 6.07) is 16.0. The number of piperidine rings is 1. The standard InChI is InChI=1S/C27H37N3O7S2/c31-27(24-9-4-15-30(22-24)38(32,33)21-5-8-23-6-2-1-3-7-23)28-14-18-37-25-10-12-26(13-11-25)39(34,35)29-16-19-36-20-17-29/h1-3,6-7,10-13,24H,4-5,8-9,14-22H2,(H,28,31). The van der Waals surface area contributed by atoms with Gasteiger partial charge in [0.15, 0.2) is 0 Å². The first-order chi connectivity index (χ1) is 18.8. The van der Waals surface area contributed by atoms with Crippen molar-refractivity contribution >= 4 is 26.0 Å². The van der Waals surface area contributed by atoms with Crippen LogP contribution in [0.1, 0.15) is 24.8 Å². The van der Waals surface area contributed by atoms with Crippen LogP contribution >= 0.6 is 0 Å². The molecule has 0 aromatic heterocycles. The molecule has 4 rings (SSSR count). The Morgan fingerprint density at radius 2 is 1.67 bits per heavy atom. The Balaban J connectivity index is 1.18. The summed E-state index contributed by atoms with van der Waals surface area (Å²) in [4.78, 5) is 12.9. The molecular formula is C27H37N3O7S2. The third kappa shape index (κ3) is 8.24. The van der Waals surface area contributed by atoms with Crippen molar-refractivity contribution < 1.29 is 31.1 Å². The second kappa shape index (κ2) is 13.7. The molecule has 10 nitrogen and oxygen atoms in total. The maximum absolute atomic E-state index is 12.9. The summed E-state index contributed by atoms with van der Waals surface area (Å²) in [7, 11) is -6.99. The molecule has 0 radical (unpaired) electrons. The SMILES string of the molecule is O=C(NCCOc1ccc(S(=O)(=O)N2CCOCC2)cc1)C1CCCN(S(=O)(=O)CCCc2ccccc2)C1. The van der Waals surface area contributed by atoms with Crippen LogP contribution in [0.2, 0.25) is 0 Å². The lowest BCUT2D eigenvalue weighted by Crippen LogP contribution is -2.46. The molecule has 1 atom stereocenters. The monoisotopic (exact) mass is 579 g/mol. The molecule has 2 fully saturated rings. The molecule has 12 heteroatoms. The Hall–Kier alpha value is -2.51. The lowest BCUT2D eigenvalue weighted by Gasteiger charge is -2.31. The van der Waals surface area contributed by atoms with Crippen LogP contribution in [0.3, 0.4) is 0 Å². The molecule has 214 valence electrons. The van der Waals surface area contributed by atoms with Crippen molar-refractivity contribution in [2.24, 2.45) is 5.92 Å². The van der Waals surface area contributed by atoms with Gasteiger partial charge in [-0.05, 0) is 55.5 Å². The summed E-state index contributed by atoms with van der Waals surface area (Å²) >= 11 is 0. The van der Waals surface area contributed by atoms with Gasteiger partial charge in [-0.1, -0.05) is 30.3 Å². The molecule has 1 N–H and O–H groups in total. The van der Waals surface area contributed by atoms with Gasteiger partial charge in [0.2, 0.25) is 26.0 Å². The summed E-state index contributed by atoms with van der Waals surface area (Å²) in [6.45, 7) is 2.53. The van der Waals surface area contributed by atoms with Crippen LogP contribution < -0.4 is 10.1 Å². The summed E-state index contributed by atoms with van der Waals surface area (Å²) in [5, 5.41) is 2.84. The molecule has 1 unspecified atom stereocenters. The van der Waals surface area contributed by atoms with Crippen molar-refractivity contribution in [1.82, 2.24) is 13.9 Å². The van der Waals surface area contributed by atoms with E-state index in [0.29, 0.717) is 64.3 Å². The highest BCUT2D eigenvalue weighted by atomic mass is 32.2. The second-order valence-corrected chi connectivity index (χ2v) is 13.8. The lowest BCUT2D eigenvalue weighted by molar-refractivity contribution is -0.126. The van der Waals surface area contributed by atoms with Gasteiger partial charge in [0.1, 0.15) is 12.4 Å². The highest BCUT2D eigenvalue weighted by Crippen LogP contribution is 2.22. The van der Waals surface area contributed by atoms with Gasteiger partial charge in [-0.2, -0.15) is 4.31 Å². The van der Waals surface area contributed by atoms with Gasteiger partial charge in [0.25, 0.3) is 0 Å². The molecule has 2 aliphatic heterocycles. The molecular weight excluding hydrogens is 542 g/mol. The van der Waals surface area contributed by atoms with E-state index in [1.807, 2.05) is 30.3 Å². The summed E-state index contributed by atoms with van der Waals surface area (Å²) in [5.41, 5.74) is 1.11.